The molecular formula is C10H5F3INO. The SMILES string of the molecule is O=c1[nH]c(I)cc2c(C(F)(F)F)cccc12. The fraction of sp³-hybridized carbons (Fsp3) is 0.100. The number of halogens is 4. The highest BCUT2D eigenvalue weighted by Crippen LogP contribution is 2.33. The van der Waals surface area contributed by atoms with Crippen LogP contribution in [0.4, 0.5) is 13.2 Å². The molecule has 2 aromatic rings. The zero-order chi connectivity index (χ0) is 11.9. The fourth-order valence-corrected chi connectivity index (χ4v) is 2.06. The predicted molar refractivity (Wildman–Crippen MR) is 62.3 cm³/mol. The summed E-state index contributed by atoms with van der Waals surface area (Å²) in [6.45, 7) is 0. The molecule has 0 fully saturated rings. The molecule has 0 radical (unpaired) electrons. The number of fused-ring (bicyclic) bond motifs is 1. The van der Waals surface area contributed by atoms with Crippen LogP contribution in [0.1, 0.15) is 5.56 Å². The highest BCUT2D eigenvalue weighted by molar-refractivity contribution is 14.1. The van der Waals surface area contributed by atoms with Gasteiger partial charge in [0.2, 0.25) is 0 Å². The van der Waals surface area contributed by atoms with E-state index < -0.39 is 17.3 Å². The Balaban J connectivity index is 2.93. The van der Waals surface area contributed by atoms with Crippen molar-refractivity contribution in [2.75, 3.05) is 0 Å². The first kappa shape index (κ1) is 11.4. The first-order valence-corrected chi connectivity index (χ1v) is 5.36. The molecular weight excluding hydrogens is 334 g/mol. The lowest BCUT2D eigenvalue weighted by Crippen LogP contribution is -2.12. The molecule has 1 N–H and O–H groups in total. The molecule has 0 unspecified atom stereocenters. The highest BCUT2D eigenvalue weighted by Gasteiger charge is 2.32. The topological polar surface area (TPSA) is 32.9 Å². The summed E-state index contributed by atoms with van der Waals surface area (Å²) in [6.07, 6.45) is -4.45. The number of alkyl halides is 3. The second kappa shape index (κ2) is 3.76. The number of nitrogens with one attached hydrogen (secondary N) is 1. The summed E-state index contributed by atoms with van der Waals surface area (Å²) in [5.41, 5.74) is -1.29. The van der Waals surface area contributed by atoms with Gasteiger partial charge in [-0.25, -0.2) is 0 Å². The molecule has 0 amide bonds. The number of hydrogen-bond acceptors (Lipinski definition) is 1. The van der Waals surface area contributed by atoms with Gasteiger partial charge in [-0.05, 0) is 40.8 Å². The first-order valence-electron chi connectivity index (χ1n) is 4.28. The number of H-pyrrole nitrogens is 1. The normalized spacial score (nSPS) is 12.0. The summed E-state index contributed by atoms with van der Waals surface area (Å²) in [7, 11) is 0. The molecule has 16 heavy (non-hydrogen) atoms. The molecule has 0 spiro atoms. The van der Waals surface area contributed by atoms with Crippen LogP contribution in [0.2, 0.25) is 0 Å². The molecule has 0 saturated heterocycles. The van der Waals surface area contributed by atoms with Crippen molar-refractivity contribution in [1.29, 1.82) is 0 Å². The second-order valence-electron chi connectivity index (χ2n) is 3.21. The van der Waals surface area contributed by atoms with Gasteiger partial charge in [0.05, 0.1) is 9.26 Å². The molecule has 2 rings (SSSR count). The third-order valence-electron chi connectivity index (χ3n) is 2.16. The molecule has 0 aliphatic carbocycles. The largest absolute Gasteiger partial charge is 0.417 e. The third-order valence-corrected chi connectivity index (χ3v) is 2.74. The van der Waals surface area contributed by atoms with E-state index in [-0.39, 0.29) is 10.8 Å². The Labute approximate surface area is 102 Å². The molecule has 1 aromatic carbocycles. The van der Waals surface area contributed by atoms with Crippen LogP contribution in [0.5, 0.6) is 0 Å². The van der Waals surface area contributed by atoms with Crippen molar-refractivity contribution >= 4 is 33.4 Å². The van der Waals surface area contributed by atoms with Gasteiger partial charge < -0.3 is 4.98 Å². The van der Waals surface area contributed by atoms with Crippen LogP contribution in [-0.4, -0.2) is 4.98 Å². The number of rotatable bonds is 0. The van der Waals surface area contributed by atoms with Crippen LogP contribution in [0.3, 0.4) is 0 Å². The van der Waals surface area contributed by atoms with Crippen molar-refractivity contribution in [2.24, 2.45) is 0 Å². The minimum Gasteiger partial charge on any atom is -0.317 e. The molecule has 0 atom stereocenters. The van der Waals surface area contributed by atoms with Crippen LogP contribution >= 0.6 is 22.6 Å². The van der Waals surface area contributed by atoms with Crippen LogP contribution < -0.4 is 5.56 Å². The number of benzene rings is 1. The van der Waals surface area contributed by atoms with Gasteiger partial charge in [0.1, 0.15) is 0 Å². The van der Waals surface area contributed by atoms with Crippen molar-refractivity contribution in [1.82, 2.24) is 4.98 Å². The lowest BCUT2D eigenvalue weighted by Gasteiger charge is -2.09. The molecule has 1 heterocycles. The Kier molecular flexibility index (Phi) is 2.69. The average molecular weight is 339 g/mol. The van der Waals surface area contributed by atoms with E-state index in [2.05, 4.69) is 4.98 Å². The summed E-state index contributed by atoms with van der Waals surface area (Å²) < 4.78 is 38.4. The van der Waals surface area contributed by atoms with E-state index in [1.807, 2.05) is 0 Å². The van der Waals surface area contributed by atoms with E-state index in [4.69, 9.17) is 0 Å². The zero-order valence-corrected chi connectivity index (χ0v) is 9.89. The summed E-state index contributed by atoms with van der Waals surface area (Å²) in [5, 5.41) is -0.0154. The molecule has 0 saturated carbocycles. The van der Waals surface area contributed by atoms with Gasteiger partial charge in [0.15, 0.2) is 0 Å². The lowest BCUT2D eigenvalue weighted by molar-refractivity contribution is -0.136. The van der Waals surface area contributed by atoms with Crippen molar-refractivity contribution in [3.8, 4) is 0 Å². The summed E-state index contributed by atoms with van der Waals surface area (Å²) in [4.78, 5) is 13.9. The summed E-state index contributed by atoms with van der Waals surface area (Å²) in [5.74, 6) is 0. The molecule has 0 aliphatic rings. The van der Waals surface area contributed by atoms with E-state index in [0.29, 0.717) is 3.70 Å². The van der Waals surface area contributed by atoms with Gasteiger partial charge in [0.25, 0.3) is 5.56 Å². The van der Waals surface area contributed by atoms with Gasteiger partial charge in [-0.3, -0.25) is 4.79 Å². The molecule has 2 nitrogen and oxygen atoms in total. The molecule has 0 aliphatic heterocycles. The van der Waals surface area contributed by atoms with Gasteiger partial charge >= 0.3 is 6.18 Å². The monoisotopic (exact) mass is 339 g/mol. The maximum absolute atomic E-state index is 12.7. The summed E-state index contributed by atoms with van der Waals surface area (Å²) >= 11 is 1.78. The first-order chi connectivity index (χ1) is 7.39. The standard InChI is InChI=1S/C10H5F3INO/c11-10(12,13)7-3-1-2-5-6(7)4-8(14)15-9(5)16/h1-4H,(H,15,16). The minimum atomic E-state index is -4.45. The number of pyridine rings is 1. The van der Waals surface area contributed by atoms with E-state index >= 15 is 0 Å². The maximum Gasteiger partial charge on any atom is 0.417 e. The molecule has 1 aromatic heterocycles. The fourth-order valence-electron chi connectivity index (χ4n) is 1.50. The van der Waals surface area contributed by atoms with Crippen LogP contribution in [0.15, 0.2) is 29.1 Å². The van der Waals surface area contributed by atoms with E-state index in [0.717, 1.165) is 6.07 Å². The Morgan fingerprint density at radius 1 is 1.19 bits per heavy atom. The average Bonchev–Trinajstić information content (AvgIpc) is 2.15. The maximum atomic E-state index is 12.7. The second-order valence-corrected chi connectivity index (χ2v) is 4.37. The van der Waals surface area contributed by atoms with Crippen molar-refractivity contribution in [3.05, 3.63) is 43.9 Å². The molecule has 84 valence electrons. The smallest absolute Gasteiger partial charge is 0.317 e. The van der Waals surface area contributed by atoms with Gasteiger partial charge in [-0.15, -0.1) is 0 Å². The van der Waals surface area contributed by atoms with Gasteiger partial charge in [-0.1, -0.05) is 6.07 Å². The number of hydrogen-bond donors (Lipinski definition) is 1. The Morgan fingerprint density at radius 2 is 1.88 bits per heavy atom. The lowest BCUT2D eigenvalue weighted by atomic mass is 10.1. The van der Waals surface area contributed by atoms with E-state index in [1.54, 1.807) is 22.6 Å². The number of aromatic nitrogens is 1. The van der Waals surface area contributed by atoms with Crippen molar-refractivity contribution < 1.29 is 13.2 Å². The zero-order valence-electron chi connectivity index (χ0n) is 7.73. The van der Waals surface area contributed by atoms with Crippen LogP contribution in [0, 0.1) is 3.70 Å². The Morgan fingerprint density at radius 3 is 2.50 bits per heavy atom. The number of aromatic amines is 1. The Bertz CT molecular complexity index is 603. The van der Waals surface area contributed by atoms with E-state index in [9.17, 15) is 18.0 Å². The van der Waals surface area contributed by atoms with Crippen LogP contribution in [0.25, 0.3) is 10.8 Å². The van der Waals surface area contributed by atoms with E-state index in [1.165, 1.54) is 18.2 Å². The van der Waals surface area contributed by atoms with Crippen molar-refractivity contribution in [2.45, 2.75) is 6.18 Å². The Hall–Kier alpha value is -1.05. The highest BCUT2D eigenvalue weighted by atomic mass is 127. The third kappa shape index (κ3) is 1.93. The summed E-state index contributed by atoms with van der Waals surface area (Å²) in [6, 6.07) is 4.89. The van der Waals surface area contributed by atoms with Crippen LogP contribution in [-0.2, 0) is 6.18 Å². The molecule has 0 bridgehead atoms. The predicted octanol–water partition coefficient (Wildman–Crippen LogP) is 3.15. The minimum absolute atomic E-state index is 0.0511. The van der Waals surface area contributed by atoms with Crippen molar-refractivity contribution in [3.63, 3.8) is 0 Å². The van der Waals surface area contributed by atoms with Gasteiger partial charge in [0, 0.05) is 10.8 Å². The quantitative estimate of drug-likeness (QED) is 0.581. The van der Waals surface area contributed by atoms with Gasteiger partial charge in [-0.2, -0.15) is 13.2 Å². The molecule has 6 heteroatoms.